The van der Waals surface area contributed by atoms with Gasteiger partial charge in [0.1, 0.15) is 11.5 Å². The van der Waals surface area contributed by atoms with Gasteiger partial charge in [-0.2, -0.15) is 0 Å². The number of ether oxygens (including phenoxy) is 2. The van der Waals surface area contributed by atoms with E-state index in [9.17, 15) is 20.4 Å². The van der Waals surface area contributed by atoms with Crippen molar-refractivity contribution in [3.63, 3.8) is 0 Å². The van der Waals surface area contributed by atoms with Crippen molar-refractivity contribution in [1.82, 2.24) is 0 Å². The standard InChI is InChI=1S/C38H37NO6/c1-3-37(40,41)44-34-23-17-29(18-24-34)36(30-19-25-35(26-20-30)45-38(42,43)4-2)27-28-15-21-33(22-16-28)39(31-11-7-5-8-12-31)32-13-9-6-10-14-32/h5-27,40-43H,3-4H2,1-2H3. The fraction of sp³-hybridized carbons (Fsp3) is 0.158. The van der Waals surface area contributed by atoms with Gasteiger partial charge < -0.3 is 34.8 Å². The molecule has 4 N–H and O–H groups in total. The molecule has 0 radical (unpaired) electrons. The van der Waals surface area contributed by atoms with Gasteiger partial charge in [-0.3, -0.25) is 0 Å². The van der Waals surface area contributed by atoms with Gasteiger partial charge in [-0.1, -0.05) is 86.6 Å². The van der Waals surface area contributed by atoms with E-state index < -0.39 is 11.9 Å². The fourth-order valence-corrected chi connectivity index (χ4v) is 4.75. The highest BCUT2D eigenvalue weighted by molar-refractivity contribution is 5.92. The lowest BCUT2D eigenvalue weighted by Crippen LogP contribution is -2.34. The molecule has 0 spiro atoms. The summed E-state index contributed by atoms with van der Waals surface area (Å²) in [6.45, 7) is 3.23. The van der Waals surface area contributed by atoms with E-state index in [1.165, 1.54) is 0 Å². The first-order valence-corrected chi connectivity index (χ1v) is 14.9. The Morgan fingerprint density at radius 3 is 1.29 bits per heavy atom. The average molecular weight is 604 g/mol. The number of anilines is 3. The third kappa shape index (κ3) is 8.17. The van der Waals surface area contributed by atoms with Crippen LogP contribution < -0.4 is 14.4 Å². The third-order valence-corrected chi connectivity index (χ3v) is 7.31. The minimum Gasteiger partial charge on any atom is -0.439 e. The largest absolute Gasteiger partial charge is 0.439 e. The average Bonchev–Trinajstić information content (AvgIpc) is 3.06. The number of hydrogen-bond acceptors (Lipinski definition) is 7. The lowest BCUT2D eigenvalue weighted by Gasteiger charge is -2.25. The van der Waals surface area contributed by atoms with Gasteiger partial charge in [-0.25, -0.2) is 0 Å². The summed E-state index contributed by atoms with van der Waals surface area (Å²) < 4.78 is 10.6. The zero-order chi connectivity index (χ0) is 31.9. The summed E-state index contributed by atoms with van der Waals surface area (Å²) in [7, 11) is 0. The van der Waals surface area contributed by atoms with E-state index >= 15 is 0 Å². The molecule has 0 aliphatic heterocycles. The molecule has 0 aliphatic rings. The van der Waals surface area contributed by atoms with E-state index in [0.29, 0.717) is 11.5 Å². The molecule has 0 atom stereocenters. The summed E-state index contributed by atoms with van der Waals surface area (Å²) >= 11 is 0. The van der Waals surface area contributed by atoms with Crippen LogP contribution in [0.4, 0.5) is 17.1 Å². The van der Waals surface area contributed by atoms with Crippen LogP contribution in [0, 0.1) is 0 Å². The van der Waals surface area contributed by atoms with E-state index in [2.05, 4.69) is 59.5 Å². The number of rotatable bonds is 12. The molecule has 0 fully saturated rings. The molecular formula is C38H37NO6. The van der Waals surface area contributed by atoms with Gasteiger partial charge in [0.15, 0.2) is 0 Å². The Morgan fingerprint density at radius 1 is 0.533 bits per heavy atom. The molecule has 5 aromatic rings. The molecule has 0 bridgehead atoms. The second-order valence-corrected chi connectivity index (χ2v) is 10.6. The summed E-state index contributed by atoms with van der Waals surface area (Å²) in [5.41, 5.74) is 6.67. The maximum atomic E-state index is 9.93. The van der Waals surface area contributed by atoms with Crippen molar-refractivity contribution in [3.05, 3.63) is 150 Å². The first-order valence-electron chi connectivity index (χ1n) is 14.9. The molecule has 0 amide bonds. The van der Waals surface area contributed by atoms with Crippen molar-refractivity contribution in [1.29, 1.82) is 0 Å². The molecule has 5 aromatic carbocycles. The van der Waals surface area contributed by atoms with Gasteiger partial charge in [0, 0.05) is 29.9 Å². The second kappa shape index (κ2) is 13.8. The zero-order valence-electron chi connectivity index (χ0n) is 25.2. The van der Waals surface area contributed by atoms with Crippen LogP contribution in [0.2, 0.25) is 0 Å². The molecular weight excluding hydrogens is 566 g/mol. The predicted molar refractivity (Wildman–Crippen MR) is 177 cm³/mol. The predicted octanol–water partition coefficient (Wildman–Crippen LogP) is 7.60. The lowest BCUT2D eigenvalue weighted by atomic mass is 9.95. The Kier molecular flexibility index (Phi) is 9.66. The second-order valence-electron chi connectivity index (χ2n) is 10.6. The lowest BCUT2D eigenvalue weighted by molar-refractivity contribution is -0.293. The minimum absolute atomic E-state index is 0.0112. The molecule has 0 unspecified atom stereocenters. The molecule has 7 heteroatoms. The van der Waals surface area contributed by atoms with E-state index in [1.54, 1.807) is 38.1 Å². The van der Waals surface area contributed by atoms with Crippen LogP contribution in [-0.4, -0.2) is 32.4 Å². The molecule has 7 nitrogen and oxygen atoms in total. The quantitative estimate of drug-likeness (QED) is 0.0860. The third-order valence-electron chi connectivity index (χ3n) is 7.31. The number of para-hydroxylation sites is 2. The molecule has 0 aliphatic carbocycles. The molecule has 0 saturated heterocycles. The molecule has 5 rings (SSSR count). The summed E-state index contributed by atoms with van der Waals surface area (Å²) in [6, 6.07) is 42.8. The van der Waals surface area contributed by atoms with Crippen LogP contribution in [0.5, 0.6) is 11.5 Å². The van der Waals surface area contributed by atoms with Gasteiger partial charge in [0.05, 0.1) is 0 Å². The van der Waals surface area contributed by atoms with Crippen LogP contribution in [0.25, 0.3) is 11.6 Å². The van der Waals surface area contributed by atoms with Crippen LogP contribution in [0.3, 0.4) is 0 Å². The van der Waals surface area contributed by atoms with Crippen molar-refractivity contribution in [3.8, 4) is 11.5 Å². The maximum Gasteiger partial charge on any atom is 0.321 e. The van der Waals surface area contributed by atoms with Crippen LogP contribution in [0.15, 0.2) is 133 Å². The van der Waals surface area contributed by atoms with Crippen LogP contribution >= 0.6 is 0 Å². The first kappa shape index (κ1) is 31.5. The zero-order valence-corrected chi connectivity index (χ0v) is 25.2. The van der Waals surface area contributed by atoms with E-state index in [1.807, 2.05) is 60.7 Å². The van der Waals surface area contributed by atoms with Crippen molar-refractivity contribution < 1.29 is 29.9 Å². The topological polar surface area (TPSA) is 103 Å². The molecule has 230 valence electrons. The smallest absolute Gasteiger partial charge is 0.321 e. The Balaban J connectivity index is 1.51. The fourth-order valence-electron chi connectivity index (χ4n) is 4.75. The van der Waals surface area contributed by atoms with Gasteiger partial charge in [0.25, 0.3) is 0 Å². The number of benzene rings is 5. The highest BCUT2D eigenvalue weighted by atomic mass is 16.8. The monoisotopic (exact) mass is 603 g/mol. The summed E-state index contributed by atoms with van der Waals surface area (Å²) in [6.07, 6.45) is 2.09. The van der Waals surface area contributed by atoms with Gasteiger partial charge in [0.2, 0.25) is 0 Å². The van der Waals surface area contributed by atoms with Crippen molar-refractivity contribution in [2.24, 2.45) is 0 Å². The Morgan fingerprint density at radius 2 is 0.911 bits per heavy atom. The normalized spacial score (nSPS) is 11.5. The van der Waals surface area contributed by atoms with E-state index in [0.717, 1.165) is 39.3 Å². The molecule has 0 aromatic heterocycles. The first-order chi connectivity index (χ1) is 21.7. The molecule has 45 heavy (non-hydrogen) atoms. The molecule has 0 saturated carbocycles. The van der Waals surface area contributed by atoms with E-state index in [-0.39, 0.29) is 12.8 Å². The summed E-state index contributed by atoms with van der Waals surface area (Å²) in [5.74, 6) is -3.86. The highest BCUT2D eigenvalue weighted by Gasteiger charge is 2.23. The summed E-state index contributed by atoms with van der Waals surface area (Å²) in [5, 5.41) is 39.7. The van der Waals surface area contributed by atoms with Crippen molar-refractivity contribution in [2.75, 3.05) is 4.90 Å². The Hall–Kier alpha value is -4.92. The Bertz CT molecular complexity index is 1580. The highest BCUT2D eigenvalue weighted by Crippen LogP contribution is 2.35. The summed E-state index contributed by atoms with van der Waals surface area (Å²) in [4.78, 5) is 2.20. The van der Waals surface area contributed by atoms with E-state index in [4.69, 9.17) is 9.47 Å². The van der Waals surface area contributed by atoms with Gasteiger partial charge >= 0.3 is 11.9 Å². The van der Waals surface area contributed by atoms with Crippen LogP contribution in [0.1, 0.15) is 43.4 Å². The molecule has 0 heterocycles. The maximum absolute atomic E-state index is 9.93. The number of hydrogen-bond donors (Lipinski definition) is 4. The van der Waals surface area contributed by atoms with Gasteiger partial charge in [-0.05, 0) is 89.0 Å². The number of aliphatic hydroxyl groups is 4. The number of nitrogens with zero attached hydrogens (tertiary/aromatic N) is 1. The van der Waals surface area contributed by atoms with Crippen molar-refractivity contribution in [2.45, 2.75) is 38.6 Å². The van der Waals surface area contributed by atoms with Crippen LogP contribution in [-0.2, 0) is 0 Å². The van der Waals surface area contributed by atoms with Crippen molar-refractivity contribution >= 4 is 28.7 Å². The Labute approximate surface area is 263 Å². The minimum atomic E-state index is -2.25. The van der Waals surface area contributed by atoms with Gasteiger partial charge in [-0.15, -0.1) is 0 Å². The SMILES string of the molecule is CCC(O)(O)Oc1ccc(C(=Cc2ccc(N(c3ccccc3)c3ccccc3)cc2)c2ccc(OC(O)(O)CC)cc2)cc1.